The second kappa shape index (κ2) is 9.25. The molecule has 3 unspecified atom stereocenters. The van der Waals surface area contributed by atoms with E-state index < -0.39 is 0 Å². The number of hydrogen-bond donors (Lipinski definition) is 0. The molecule has 6 nitrogen and oxygen atoms in total. The van der Waals surface area contributed by atoms with Crippen molar-refractivity contribution in [3.8, 4) is 5.69 Å². The zero-order valence-electron chi connectivity index (χ0n) is 19.0. The third-order valence-corrected chi connectivity index (χ3v) is 7.25. The van der Waals surface area contributed by atoms with Crippen molar-refractivity contribution < 1.29 is 4.79 Å². The summed E-state index contributed by atoms with van der Waals surface area (Å²) in [5.41, 5.74) is 3.15. The van der Waals surface area contributed by atoms with E-state index in [0.717, 1.165) is 23.6 Å². The number of aromatic nitrogens is 3. The first-order valence-corrected chi connectivity index (χ1v) is 12.0. The van der Waals surface area contributed by atoms with Gasteiger partial charge in [-0.3, -0.25) is 14.3 Å². The van der Waals surface area contributed by atoms with Crippen molar-refractivity contribution >= 4 is 35.0 Å². The number of amides is 1. The van der Waals surface area contributed by atoms with Crippen LogP contribution in [0.1, 0.15) is 38.2 Å². The Morgan fingerprint density at radius 2 is 1.81 bits per heavy atom. The standard InChI is InChI=1S/C24H28ClN5OS/c1-15-14-18-8-6-7-9-21(18)29(15)23(31)17(3)32-24-27-26-22(16(2)28(4)5)30(24)20-12-10-19(25)11-13-20/h6-13,15-17H,14H2,1-5H3. The quantitative estimate of drug-likeness (QED) is 0.475. The van der Waals surface area contributed by atoms with Crippen LogP contribution in [0, 0.1) is 0 Å². The summed E-state index contributed by atoms with van der Waals surface area (Å²) in [6, 6.07) is 15.9. The number of benzene rings is 2. The van der Waals surface area contributed by atoms with Gasteiger partial charge in [0.2, 0.25) is 5.91 Å². The first-order valence-electron chi connectivity index (χ1n) is 10.7. The Kier molecular flexibility index (Phi) is 6.60. The zero-order valence-corrected chi connectivity index (χ0v) is 20.6. The van der Waals surface area contributed by atoms with Gasteiger partial charge < -0.3 is 4.90 Å². The molecule has 1 aliphatic heterocycles. The van der Waals surface area contributed by atoms with E-state index >= 15 is 0 Å². The Balaban J connectivity index is 1.65. The summed E-state index contributed by atoms with van der Waals surface area (Å²) < 4.78 is 2.02. The topological polar surface area (TPSA) is 54.3 Å². The Morgan fingerprint density at radius 3 is 2.50 bits per heavy atom. The number of anilines is 1. The lowest BCUT2D eigenvalue weighted by molar-refractivity contribution is -0.118. The van der Waals surface area contributed by atoms with Crippen LogP contribution in [-0.4, -0.2) is 51.0 Å². The van der Waals surface area contributed by atoms with Crippen molar-refractivity contribution in [3.05, 3.63) is 64.9 Å². The van der Waals surface area contributed by atoms with Gasteiger partial charge in [0.05, 0.1) is 11.3 Å². The molecule has 32 heavy (non-hydrogen) atoms. The number of hydrogen-bond acceptors (Lipinski definition) is 5. The predicted octanol–water partition coefficient (Wildman–Crippen LogP) is 5.00. The zero-order chi connectivity index (χ0) is 23.0. The van der Waals surface area contributed by atoms with Crippen LogP contribution >= 0.6 is 23.4 Å². The van der Waals surface area contributed by atoms with Crippen molar-refractivity contribution in [2.24, 2.45) is 0 Å². The van der Waals surface area contributed by atoms with Gasteiger partial charge >= 0.3 is 0 Å². The average molecular weight is 470 g/mol. The maximum atomic E-state index is 13.5. The third kappa shape index (κ3) is 4.29. The smallest absolute Gasteiger partial charge is 0.240 e. The molecule has 2 aromatic carbocycles. The molecule has 168 valence electrons. The maximum Gasteiger partial charge on any atom is 0.240 e. The third-order valence-electron chi connectivity index (χ3n) is 5.97. The molecule has 4 rings (SSSR count). The molecule has 1 aliphatic rings. The van der Waals surface area contributed by atoms with Crippen molar-refractivity contribution in [1.29, 1.82) is 0 Å². The largest absolute Gasteiger partial charge is 0.308 e. The maximum absolute atomic E-state index is 13.5. The molecule has 0 radical (unpaired) electrons. The van der Waals surface area contributed by atoms with E-state index in [2.05, 4.69) is 35.0 Å². The normalized spacial score (nSPS) is 17.5. The number of carbonyl (C=O) groups excluding carboxylic acids is 1. The van der Waals surface area contributed by atoms with Gasteiger partial charge in [0.15, 0.2) is 11.0 Å². The summed E-state index contributed by atoms with van der Waals surface area (Å²) in [4.78, 5) is 17.5. The van der Waals surface area contributed by atoms with Gasteiger partial charge in [-0.15, -0.1) is 10.2 Å². The molecule has 1 amide bonds. The van der Waals surface area contributed by atoms with Crippen molar-refractivity contribution in [3.63, 3.8) is 0 Å². The summed E-state index contributed by atoms with van der Waals surface area (Å²) >= 11 is 7.55. The van der Waals surface area contributed by atoms with Gasteiger partial charge in [0, 0.05) is 22.4 Å². The fourth-order valence-electron chi connectivity index (χ4n) is 4.00. The van der Waals surface area contributed by atoms with Crippen LogP contribution in [0.2, 0.25) is 5.02 Å². The molecule has 3 atom stereocenters. The first kappa shape index (κ1) is 22.8. The monoisotopic (exact) mass is 469 g/mol. The minimum Gasteiger partial charge on any atom is -0.308 e. The predicted molar refractivity (Wildman–Crippen MR) is 131 cm³/mol. The average Bonchev–Trinajstić information content (AvgIpc) is 3.33. The van der Waals surface area contributed by atoms with Crippen molar-refractivity contribution in [1.82, 2.24) is 19.7 Å². The van der Waals surface area contributed by atoms with Crippen LogP contribution < -0.4 is 4.90 Å². The Bertz CT molecular complexity index is 1110. The van der Waals surface area contributed by atoms with Crippen LogP contribution in [0.25, 0.3) is 5.69 Å². The van der Waals surface area contributed by atoms with E-state index in [1.165, 1.54) is 17.3 Å². The summed E-state index contributed by atoms with van der Waals surface area (Å²) in [6.07, 6.45) is 0.880. The highest BCUT2D eigenvalue weighted by Gasteiger charge is 2.34. The number of thioether (sulfide) groups is 1. The van der Waals surface area contributed by atoms with Crippen molar-refractivity contribution in [2.75, 3.05) is 19.0 Å². The molecule has 0 fully saturated rings. The highest BCUT2D eigenvalue weighted by Crippen LogP contribution is 2.35. The number of halogens is 1. The lowest BCUT2D eigenvalue weighted by Crippen LogP contribution is -2.40. The summed E-state index contributed by atoms with van der Waals surface area (Å²) in [5, 5.41) is 10.0. The number of rotatable bonds is 6. The summed E-state index contributed by atoms with van der Waals surface area (Å²) in [7, 11) is 4.02. The van der Waals surface area contributed by atoms with Gasteiger partial charge in [-0.2, -0.15) is 0 Å². The lowest BCUT2D eigenvalue weighted by Gasteiger charge is -2.26. The second-order valence-electron chi connectivity index (χ2n) is 8.44. The molecule has 2 heterocycles. The Morgan fingerprint density at radius 1 is 1.12 bits per heavy atom. The van der Waals surface area contributed by atoms with Crippen LogP contribution in [0.5, 0.6) is 0 Å². The molecule has 0 N–H and O–H groups in total. The molecule has 3 aromatic rings. The van der Waals surface area contributed by atoms with Crippen molar-refractivity contribution in [2.45, 2.75) is 49.7 Å². The fraction of sp³-hybridized carbons (Fsp3) is 0.375. The first-order chi connectivity index (χ1) is 15.3. The highest BCUT2D eigenvalue weighted by molar-refractivity contribution is 8.00. The summed E-state index contributed by atoms with van der Waals surface area (Å²) in [6.45, 7) is 6.13. The van der Waals surface area contributed by atoms with Gasteiger partial charge in [-0.05, 0) is 77.2 Å². The number of para-hydroxylation sites is 1. The molecule has 0 bridgehead atoms. The number of carbonyl (C=O) groups is 1. The number of fused-ring (bicyclic) bond motifs is 1. The second-order valence-corrected chi connectivity index (χ2v) is 10.2. The van der Waals surface area contributed by atoms with Crippen LogP contribution in [-0.2, 0) is 11.2 Å². The van der Waals surface area contributed by atoms with Crippen LogP contribution in [0.15, 0.2) is 53.7 Å². The van der Waals surface area contributed by atoms with Crippen LogP contribution in [0.4, 0.5) is 5.69 Å². The van der Waals surface area contributed by atoms with Gasteiger partial charge in [0.1, 0.15) is 0 Å². The number of nitrogens with zero attached hydrogens (tertiary/aromatic N) is 5. The van der Waals surface area contributed by atoms with Gasteiger partial charge in [-0.25, -0.2) is 0 Å². The molecule has 0 saturated heterocycles. The van der Waals surface area contributed by atoms with E-state index in [1.54, 1.807) is 0 Å². The molecule has 8 heteroatoms. The minimum absolute atomic E-state index is 0.0454. The van der Waals surface area contributed by atoms with Gasteiger partial charge in [0.25, 0.3) is 0 Å². The van der Waals surface area contributed by atoms with E-state index in [1.807, 2.05) is 73.0 Å². The Labute approximate surface area is 198 Å². The lowest BCUT2D eigenvalue weighted by atomic mass is 10.1. The fourth-order valence-corrected chi connectivity index (χ4v) is 5.05. The van der Waals surface area contributed by atoms with Gasteiger partial charge in [-0.1, -0.05) is 41.6 Å². The van der Waals surface area contributed by atoms with E-state index in [9.17, 15) is 4.79 Å². The molecule has 0 aliphatic carbocycles. The SMILES string of the molecule is CC(Sc1nnc(C(C)N(C)C)n1-c1ccc(Cl)cc1)C(=O)N1c2ccccc2CC1C. The molecule has 1 aromatic heterocycles. The molecule has 0 spiro atoms. The van der Waals surface area contributed by atoms with E-state index in [4.69, 9.17) is 11.6 Å². The van der Waals surface area contributed by atoms with E-state index in [-0.39, 0.29) is 23.2 Å². The molecular weight excluding hydrogens is 442 g/mol. The Hall–Kier alpha value is -2.35. The van der Waals surface area contributed by atoms with E-state index in [0.29, 0.717) is 10.2 Å². The highest BCUT2D eigenvalue weighted by atomic mass is 35.5. The minimum atomic E-state index is -0.318. The summed E-state index contributed by atoms with van der Waals surface area (Å²) in [5.74, 6) is 0.902. The molecular formula is C24H28ClN5OS. The molecule has 0 saturated carbocycles. The van der Waals surface area contributed by atoms with Crippen LogP contribution in [0.3, 0.4) is 0 Å².